The summed E-state index contributed by atoms with van der Waals surface area (Å²) >= 11 is 0. The van der Waals surface area contributed by atoms with Crippen LogP contribution in [0.15, 0.2) is 18.2 Å². The molecule has 5 nitrogen and oxygen atoms in total. The third-order valence-corrected chi connectivity index (χ3v) is 4.74. The van der Waals surface area contributed by atoms with Crippen LogP contribution in [0.4, 0.5) is 0 Å². The summed E-state index contributed by atoms with van der Waals surface area (Å²) in [5.41, 5.74) is 3.60. The largest absolute Gasteiger partial charge is 0.494 e. The predicted octanol–water partition coefficient (Wildman–Crippen LogP) is 6.02. The van der Waals surface area contributed by atoms with Crippen molar-refractivity contribution in [2.75, 3.05) is 6.61 Å². The zero-order chi connectivity index (χ0) is 21.4. The van der Waals surface area contributed by atoms with E-state index in [0.717, 1.165) is 59.8 Å². The lowest BCUT2D eigenvalue weighted by atomic mass is 10.1. The van der Waals surface area contributed by atoms with Gasteiger partial charge in [-0.25, -0.2) is 9.97 Å². The molecular formula is C24H36N2O3. The quantitative estimate of drug-likeness (QED) is 0.461. The molecule has 0 fully saturated rings. The highest BCUT2D eigenvalue weighted by atomic mass is 16.5. The molecule has 0 saturated heterocycles. The number of aromatic nitrogens is 2. The van der Waals surface area contributed by atoms with Crippen LogP contribution in [0.3, 0.4) is 0 Å². The van der Waals surface area contributed by atoms with Gasteiger partial charge in [-0.2, -0.15) is 0 Å². The fourth-order valence-electron chi connectivity index (χ4n) is 3.19. The van der Waals surface area contributed by atoms with Crippen LogP contribution < -0.4 is 14.2 Å². The fourth-order valence-corrected chi connectivity index (χ4v) is 3.19. The van der Waals surface area contributed by atoms with Crippen LogP contribution in [0.2, 0.25) is 0 Å². The van der Waals surface area contributed by atoms with E-state index in [1.807, 2.05) is 39.0 Å². The Morgan fingerprint density at radius 3 is 2.10 bits per heavy atom. The molecule has 160 valence electrons. The maximum atomic E-state index is 6.19. The highest BCUT2D eigenvalue weighted by molar-refractivity contribution is 5.71. The van der Waals surface area contributed by atoms with Crippen LogP contribution in [0.1, 0.15) is 72.7 Å². The zero-order valence-electron chi connectivity index (χ0n) is 19.0. The van der Waals surface area contributed by atoms with E-state index in [9.17, 15) is 0 Å². The van der Waals surface area contributed by atoms with Gasteiger partial charge >= 0.3 is 0 Å². The smallest absolute Gasteiger partial charge is 0.236 e. The molecule has 0 saturated carbocycles. The molecule has 1 heterocycles. The van der Waals surface area contributed by atoms with Gasteiger partial charge in [-0.3, -0.25) is 0 Å². The molecule has 0 spiro atoms. The zero-order valence-corrected chi connectivity index (χ0v) is 19.0. The molecule has 2 aromatic rings. The second-order valence-corrected chi connectivity index (χ2v) is 7.29. The Morgan fingerprint density at radius 2 is 1.55 bits per heavy atom. The van der Waals surface area contributed by atoms with Crippen LogP contribution in [0, 0.1) is 0 Å². The van der Waals surface area contributed by atoms with Crippen molar-refractivity contribution < 1.29 is 14.2 Å². The molecular weight excluding hydrogens is 364 g/mol. The van der Waals surface area contributed by atoms with Crippen molar-refractivity contribution >= 4 is 0 Å². The van der Waals surface area contributed by atoms with E-state index < -0.39 is 0 Å². The molecule has 5 heteroatoms. The molecule has 0 radical (unpaired) electrons. The first-order valence-electron chi connectivity index (χ1n) is 11.0. The molecule has 0 N–H and O–H groups in total. The van der Waals surface area contributed by atoms with Gasteiger partial charge in [0.25, 0.3) is 0 Å². The lowest BCUT2D eigenvalue weighted by Crippen LogP contribution is -2.17. The summed E-state index contributed by atoms with van der Waals surface area (Å²) < 4.78 is 18.0. The molecule has 0 bridgehead atoms. The lowest BCUT2D eigenvalue weighted by Gasteiger charge is -2.20. The summed E-state index contributed by atoms with van der Waals surface area (Å²) in [4.78, 5) is 9.87. The average molecular weight is 401 g/mol. The van der Waals surface area contributed by atoms with Gasteiger partial charge in [-0.05, 0) is 58.6 Å². The van der Waals surface area contributed by atoms with E-state index in [2.05, 4.69) is 27.7 Å². The van der Waals surface area contributed by atoms with Crippen molar-refractivity contribution in [3.8, 4) is 28.6 Å². The first kappa shape index (κ1) is 23.0. The highest BCUT2D eigenvalue weighted by Crippen LogP contribution is 2.36. The van der Waals surface area contributed by atoms with E-state index in [1.165, 1.54) is 0 Å². The summed E-state index contributed by atoms with van der Waals surface area (Å²) in [5, 5.41) is 0. The molecule has 2 rings (SSSR count). The molecule has 29 heavy (non-hydrogen) atoms. The third kappa shape index (κ3) is 5.84. The maximum absolute atomic E-state index is 6.19. The Balaban J connectivity index is 2.58. The average Bonchev–Trinajstić information content (AvgIpc) is 2.71. The van der Waals surface area contributed by atoms with Crippen molar-refractivity contribution in [2.24, 2.45) is 0 Å². The molecule has 1 aromatic heterocycles. The van der Waals surface area contributed by atoms with Gasteiger partial charge in [-0.1, -0.05) is 27.7 Å². The number of hydrogen-bond acceptors (Lipinski definition) is 5. The minimum Gasteiger partial charge on any atom is -0.494 e. The van der Waals surface area contributed by atoms with Crippen LogP contribution in [0.5, 0.6) is 17.4 Å². The Bertz CT molecular complexity index is 786. The van der Waals surface area contributed by atoms with Crippen LogP contribution in [0.25, 0.3) is 11.3 Å². The van der Waals surface area contributed by atoms with E-state index in [4.69, 9.17) is 24.2 Å². The van der Waals surface area contributed by atoms with E-state index in [1.54, 1.807) is 0 Å². The van der Waals surface area contributed by atoms with Crippen LogP contribution in [-0.2, 0) is 12.8 Å². The highest BCUT2D eigenvalue weighted by Gasteiger charge is 2.20. The Labute approximate surface area is 175 Å². The third-order valence-electron chi connectivity index (χ3n) is 4.74. The molecule has 0 aliphatic rings. The minimum absolute atomic E-state index is 0.0479. The van der Waals surface area contributed by atoms with E-state index in [-0.39, 0.29) is 12.2 Å². The van der Waals surface area contributed by atoms with Gasteiger partial charge in [0.1, 0.15) is 17.2 Å². The predicted molar refractivity (Wildman–Crippen MR) is 118 cm³/mol. The van der Waals surface area contributed by atoms with Gasteiger partial charge in [0, 0.05) is 11.6 Å². The Kier molecular flexibility index (Phi) is 8.74. The summed E-state index contributed by atoms with van der Waals surface area (Å²) in [6, 6.07) is 5.93. The molecule has 0 aliphatic heterocycles. The summed E-state index contributed by atoms with van der Waals surface area (Å²) in [6.45, 7) is 15.1. The SMILES string of the molecule is CCOc1ccc(-c2nc(CC)c(OC(CC)CC)nc2CC)c(OC(C)C)c1. The summed E-state index contributed by atoms with van der Waals surface area (Å²) in [7, 11) is 0. The van der Waals surface area contributed by atoms with Crippen LogP contribution in [-0.4, -0.2) is 28.8 Å². The van der Waals surface area contributed by atoms with Crippen molar-refractivity contribution in [1.29, 1.82) is 0 Å². The van der Waals surface area contributed by atoms with Crippen molar-refractivity contribution in [3.63, 3.8) is 0 Å². The van der Waals surface area contributed by atoms with E-state index >= 15 is 0 Å². The second kappa shape index (κ2) is 11.0. The number of ether oxygens (including phenoxy) is 3. The second-order valence-electron chi connectivity index (χ2n) is 7.29. The first-order chi connectivity index (χ1) is 14.0. The van der Waals surface area contributed by atoms with Gasteiger partial charge in [0.05, 0.1) is 30.2 Å². The number of rotatable bonds is 11. The normalized spacial score (nSPS) is 11.2. The summed E-state index contributed by atoms with van der Waals surface area (Å²) in [5.74, 6) is 2.23. The van der Waals surface area contributed by atoms with Gasteiger partial charge in [-0.15, -0.1) is 0 Å². The Hall–Kier alpha value is -2.30. The first-order valence-corrected chi connectivity index (χ1v) is 11.0. The molecule has 1 aromatic carbocycles. The minimum atomic E-state index is 0.0479. The molecule has 0 atom stereocenters. The number of benzene rings is 1. The van der Waals surface area contributed by atoms with Gasteiger partial charge < -0.3 is 14.2 Å². The van der Waals surface area contributed by atoms with Gasteiger partial charge in [0.15, 0.2) is 0 Å². The monoisotopic (exact) mass is 400 g/mol. The van der Waals surface area contributed by atoms with Crippen molar-refractivity contribution in [2.45, 2.75) is 86.4 Å². The van der Waals surface area contributed by atoms with Crippen LogP contribution >= 0.6 is 0 Å². The number of hydrogen-bond donors (Lipinski definition) is 0. The summed E-state index contributed by atoms with van der Waals surface area (Å²) in [6.07, 6.45) is 3.64. The standard InChI is InChI=1S/C24H36N2O3/c1-8-17(9-2)29-24-21(11-4)25-23(20(10-3)26-24)19-14-13-18(27-12-5)15-22(19)28-16(6)7/h13-17H,8-12H2,1-7H3. The van der Waals surface area contributed by atoms with E-state index in [0.29, 0.717) is 12.5 Å². The molecule has 0 unspecified atom stereocenters. The lowest BCUT2D eigenvalue weighted by molar-refractivity contribution is 0.181. The fraction of sp³-hybridized carbons (Fsp3) is 0.583. The molecule has 0 amide bonds. The maximum Gasteiger partial charge on any atom is 0.236 e. The topological polar surface area (TPSA) is 53.5 Å². The van der Waals surface area contributed by atoms with Gasteiger partial charge in [0.2, 0.25) is 5.88 Å². The van der Waals surface area contributed by atoms with Crippen molar-refractivity contribution in [1.82, 2.24) is 9.97 Å². The number of aryl methyl sites for hydroxylation is 2. The molecule has 0 aliphatic carbocycles. The number of nitrogens with zero attached hydrogens (tertiary/aromatic N) is 2. The Morgan fingerprint density at radius 1 is 0.862 bits per heavy atom. The van der Waals surface area contributed by atoms with Crippen molar-refractivity contribution in [3.05, 3.63) is 29.6 Å².